The first-order valence-electron chi connectivity index (χ1n) is 10.1. The van der Waals surface area contributed by atoms with Crippen LogP contribution in [0.1, 0.15) is 57.8 Å². The summed E-state index contributed by atoms with van der Waals surface area (Å²) in [5, 5.41) is 3.45. The molecule has 1 amide bonds. The number of amides is 1. The first-order valence-corrected chi connectivity index (χ1v) is 10.1. The average Bonchev–Trinajstić information content (AvgIpc) is 2.63. The van der Waals surface area contributed by atoms with Crippen LogP contribution < -0.4 is 5.32 Å². The van der Waals surface area contributed by atoms with Gasteiger partial charge >= 0.3 is 0 Å². The third kappa shape index (κ3) is 3.49. The first-order chi connectivity index (χ1) is 11.8. The molecule has 4 fully saturated rings. The van der Waals surface area contributed by atoms with E-state index in [2.05, 4.69) is 15.1 Å². The van der Waals surface area contributed by atoms with Crippen LogP contribution in [0.25, 0.3) is 0 Å². The fourth-order valence-corrected chi connectivity index (χ4v) is 5.34. The summed E-state index contributed by atoms with van der Waals surface area (Å²) < 4.78 is 6.21. The molecule has 0 bridgehead atoms. The highest BCUT2D eigenvalue weighted by molar-refractivity contribution is 5.79. The van der Waals surface area contributed by atoms with E-state index < -0.39 is 0 Å². The third-order valence-electron chi connectivity index (χ3n) is 6.80. The van der Waals surface area contributed by atoms with Gasteiger partial charge in [0.1, 0.15) is 0 Å². The molecular weight excluding hydrogens is 302 g/mol. The summed E-state index contributed by atoms with van der Waals surface area (Å²) in [6, 6.07) is 1.06. The Morgan fingerprint density at radius 1 is 1.00 bits per heavy atom. The Labute approximate surface area is 146 Å². The van der Waals surface area contributed by atoms with Gasteiger partial charge in [-0.05, 0) is 51.6 Å². The number of piperazine rings is 1. The fraction of sp³-hybridized carbons (Fsp3) is 0.947. The molecule has 5 heteroatoms. The summed E-state index contributed by atoms with van der Waals surface area (Å²) in [7, 11) is 0. The van der Waals surface area contributed by atoms with Crippen molar-refractivity contribution in [3.05, 3.63) is 0 Å². The second-order valence-electron chi connectivity index (χ2n) is 8.28. The molecule has 4 rings (SSSR count). The second kappa shape index (κ2) is 7.30. The largest absolute Gasteiger partial charge is 0.375 e. The van der Waals surface area contributed by atoms with Crippen molar-refractivity contribution in [3.8, 4) is 0 Å². The van der Waals surface area contributed by atoms with Crippen LogP contribution in [0, 0.1) is 0 Å². The molecule has 0 aromatic rings. The topological polar surface area (TPSA) is 44.8 Å². The van der Waals surface area contributed by atoms with Gasteiger partial charge in [-0.3, -0.25) is 9.69 Å². The minimum absolute atomic E-state index is 0.0811. The quantitative estimate of drug-likeness (QED) is 0.835. The standard InChI is InChI=1S/C19H33N3O2/c23-18-15-21(11-12-22(18)16-4-2-1-3-5-16)17-6-13-24-19(14-17)7-9-20-10-8-19/h16-17,20H,1-15H2. The van der Waals surface area contributed by atoms with E-state index in [-0.39, 0.29) is 5.60 Å². The number of rotatable bonds is 2. The van der Waals surface area contributed by atoms with Crippen LogP contribution in [-0.4, -0.2) is 72.7 Å². The summed E-state index contributed by atoms with van der Waals surface area (Å²) in [6.07, 6.45) is 10.8. The maximum Gasteiger partial charge on any atom is 0.237 e. The van der Waals surface area contributed by atoms with Gasteiger partial charge in [0.25, 0.3) is 0 Å². The Bertz CT molecular complexity index is 438. The number of carbonyl (C=O) groups is 1. The molecule has 1 spiro atoms. The van der Waals surface area contributed by atoms with Crippen LogP contribution in [0.15, 0.2) is 0 Å². The lowest BCUT2D eigenvalue weighted by atomic mass is 9.82. The molecule has 3 heterocycles. The molecule has 4 aliphatic rings. The van der Waals surface area contributed by atoms with E-state index in [1.165, 1.54) is 32.1 Å². The third-order valence-corrected chi connectivity index (χ3v) is 6.80. The van der Waals surface area contributed by atoms with Crippen molar-refractivity contribution < 1.29 is 9.53 Å². The zero-order valence-electron chi connectivity index (χ0n) is 15.0. The summed E-state index contributed by atoms with van der Waals surface area (Å²) in [4.78, 5) is 17.4. The number of nitrogens with one attached hydrogen (secondary N) is 1. The fourth-order valence-electron chi connectivity index (χ4n) is 5.34. The van der Waals surface area contributed by atoms with Gasteiger partial charge in [-0.2, -0.15) is 0 Å². The molecule has 136 valence electrons. The predicted molar refractivity (Wildman–Crippen MR) is 94.0 cm³/mol. The number of nitrogens with zero attached hydrogens (tertiary/aromatic N) is 2. The van der Waals surface area contributed by atoms with E-state index in [1.807, 2.05) is 0 Å². The van der Waals surface area contributed by atoms with Crippen LogP contribution >= 0.6 is 0 Å². The maximum absolute atomic E-state index is 12.8. The van der Waals surface area contributed by atoms with Crippen LogP contribution in [0.2, 0.25) is 0 Å². The van der Waals surface area contributed by atoms with E-state index in [4.69, 9.17) is 4.74 Å². The van der Waals surface area contributed by atoms with Gasteiger partial charge < -0.3 is 15.0 Å². The number of carbonyl (C=O) groups excluding carboxylic acids is 1. The Morgan fingerprint density at radius 3 is 2.54 bits per heavy atom. The normalized spacial score (nSPS) is 33.1. The van der Waals surface area contributed by atoms with Gasteiger partial charge in [0.15, 0.2) is 0 Å². The Kier molecular flexibility index (Phi) is 5.11. The molecule has 0 aromatic carbocycles. The van der Waals surface area contributed by atoms with Gasteiger partial charge in [-0.15, -0.1) is 0 Å². The predicted octanol–water partition coefficient (Wildman–Crippen LogP) is 1.76. The zero-order chi connectivity index (χ0) is 16.4. The lowest BCUT2D eigenvalue weighted by molar-refractivity contribution is -0.148. The van der Waals surface area contributed by atoms with Gasteiger partial charge in [0.05, 0.1) is 12.1 Å². The molecule has 1 atom stereocenters. The van der Waals surface area contributed by atoms with E-state index in [0.717, 1.165) is 58.5 Å². The smallest absolute Gasteiger partial charge is 0.237 e. The summed E-state index contributed by atoms with van der Waals surface area (Å²) in [6.45, 7) is 5.63. The highest BCUT2D eigenvalue weighted by Crippen LogP contribution is 2.35. The average molecular weight is 335 g/mol. The molecule has 0 radical (unpaired) electrons. The lowest BCUT2D eigenvalue weighted by Crippen LogP contribution is -2.59. The minimum Gasteiger partial charge on any atom is -0.375 e. The van der Waals surface area contributed by atoms with Crippen molar-refractivity contribution in [2.45, 2.75) is 75.5 Å². The van der Waals surface area contributed by atoms with Crippen molar-refractivity contribution in [2.75, 3.05) is 39.3 Å². The molecule has 1 saturated carbocycles. The van der Waals surface area contributed by atoms with E-state index in [0.29, 0.717) is 24.5 Å². The summed E-state index contributed by atoms with van der Waals surface area (Å²) in [5.74, 6) is 0.374. The van der Waals surface area contributed by atoms with Crippen LogP contribution in [0.4, 0.5) is 0 Å². The van der Waals surface area contributed by atoms with Gasteiger partial charge in [-0.25, -0.2) is 0 Å². The van der Waals surface area contributed by atoms with Crippen LogP contribution in [0.3, 0.4) is 0 Å². The van der Waals surface area contributed by atoms with Crippen LogP contribution in [0.5, 0.6) is 0 Å². The summed E-state index contributed by atoms with van der Waals surface area (Å²) >= 11 is 0. The highest BCUT2D eigenvalue weighted by Gasteiger charge is 2.42. The molecule has 0 aromatic heterocycles. The molecule has 24 heavy (non-hydrogen) atoms. The van der Waals surface area contributed by atoms with E-state index in [9.17, 15) is 4.79 Å². The molecule has 1 aliphatic carbocycles. The molecular formula is C19H33N3O2. The molecule has 5 nitrogen and oxygen atoms in total. The molecule has 1 N–H and O–H groups in total. The van der Waals surface area contributed by atoms with Gasteiger partial charge in [0.2, 0.25) is 5.91 Å². The van der Waals surface area contributed by atoms with Crippen LogP contribution in [-0.2, 0) is 9.53 Å². The van der Waals surface area contributed by atoms with E-state index in [1.54, 1.807) is 0 Å². The van der Waals surface area contributed by atoms with Crippen molar-refractivity contribution in [1.29, 1.82) is 0 Å². The van der Waals surface area contributed by atoms with Crippen molar-refractivity contribution >= 4 is 5.91 Å². The maximum atomic E-state index is 12.8. The number of hydrogen-bond acceptors (Lipinski definition) is 4. The number of piperidine rings is 1. The zero-order valence-corrected chi connectivity index (χ0v) is 15.0. The summed E-state index contributed by atoms with van der Waals surface area (Å²) in [5.41, 5.74) is 0.0811. The number of hydrogen-bond donors (Lipinski definition) is 1. The minimum atomic E-state index is 0.0811. The van der Waals surface area contributed by atoms with Crippen molar-refractivity contribution in [2.24, 2.45) is 0 Å². The SMILES string of the molecule is O=C1CN(C2CCOC3(CCNCC3)C2)CCN1C1CCCCC1. The Morgan fingerprint density at radius 2 is 1.79 bits per heavy atom. The first kappa shape index (κ1) is 16.8. The van der Waals surface area contributed by atoms with Crippen molar-refractivity contribution in [3.63, 3.8) is 0 Å². The van der Waals surface area contributed by atoms with Crippen molar-refractivity contribution in [1.82, 2.24) is 15.1 Å². The van der Waals surface area contributed by atoms with Gasteiger partial charge in [-0.1, -0.05) is 19.3 Å². The lowest BCUT2D eigenvalue weighted by Gasteiger charge is -2.49. The second-order valence-corrected chi connectivity index (χ2v) is 8.28. The molecule has 3 aliphatic heterocycles. The number of ether oxygens (including phenoxy) is 1. The molecule has 3 saturated heterocycles. The Hall–Kier alpha value is -0.650. The van der Waals surface area contributed by atoms with Gasteiger partial charge in [0, 0.05) is 31.8 Å². The highest BCUT2D eigenvalue weighted by atomic mass is 16.5. The monoisotopic (exact) mass is 335 g/mol. The van der Waals surface area contributed by atoms with E-state index >= 15 is 0 Å². The molecule has 1 unspecified atom stereocenters. The Balaban J connectivity index is 1.35.